The summed E-state index contributed by atoms with van der Waals surface area (Å²) in [5.74, 6) is 0.233. The molecule has 2 unspecified atom stereocenters. The molecule has 0 spiro atoms. The zero-order valence-electron chi connectivity index (χ0n) is 7.11. The number of nitro groups is 1. The highest BCUT2D eigenvalue weighted by atomic mass is 17.0. The maximum atomic E-state index is 10.7. The van der Waals surface area contributed by atoms with Crippen molar-refractivity contribution in [2.75, 3.05) is 0 Å². The number of nitrogens with zero attached hydrogens (tertiary/aromatic N) is 2. The van der Waals surface area contributed by atoms with Crippen molar-refractivity contribution in [1.29, 1.82) is 0 Å². The monoisotopic (exact) mass is 200 g/mol. The predicted octanol–water partition coefficient (Wildman–Crippen LogP) is 0.104. The molecule has 0 radical (unpaired) electrons. The average Bonchev–Trinajstić information content (AvgIpc) is 2.42. The fraction of sp³-hybridized carbons (Fsp3) is 1.00. The molecule has 4 fully saturated rings. The Kier molecular flexibility index (Phi) is 1.22. The van der Waals surface area contributed by atoms with E-state index in [1.807, 2.05) is 0 Å². The summed E-state index contributed by atoms with van der Waals surface area (Å²) in [6.07, 6.45) is 0.231. The van der Waals surface area contributed by atoms with Crippen LogP contribution in [0.4, 0.5) is 0 Å². The van der Waals surface area contributed by atoms with Gasteiger partial charge in [-0.15, -0.1) is 10.1 Å². The predicted molar refractivity (Wildman–Crippen MR) is 41.2 cm³/mol. The molecule has 0 N–H and O–H groups in total. The Morgan fingerprint density at radius 2 is 1.86 bits per heavy atom. The minimum absolute atomic E-state index is 0.0555. The van der Waals surface area contributed by atoms with Crippen molar-refractivity contribution in [1.82, 2.24) is 0 Å². The first-order valence-corrected chi connectivity index (χ1v) is 4.56. The Hall–Kier alpha value is -1.40. The van der Waals surface area contributed by atoms with Crippen molar-refractivity contribution >= 4 is 0 Å². The summed E-state index contributed by atoms with van der Waals surface area (Å²) in [7, 11) is 0. The summed E-state index contributed by atoms with van der Waals surface area (Å²) in [5.41, 5.74) is 0. The van der Waals surface area contributed by atoms with Crippen LogP contribution < -0.4 is 0 Å². The molecule has 0 aliphatic heterocycles. The van der Waals surface area contributed by atoms with Crippen LogP contribution in [0.25, 0.3) is 0 Å². The molecule has 0 heterocycles. The van der Waals surface area contributed by atoms with Gasteiger partial charge in [0.15, 0.2) is 0 Å². The van der Waals surface area contributed by atoms with Gasteiger partial charge >= 0.3 is 0 Å². The molecular formula is C7H8N2O5. The number of hydrogen-bond acceptors (Lipinski definition) is 5. The molecule has 7 nitrogen and oxygen atoms in total. The highest BCUT2D eigenvalue weighted by Gasteiger charge is 2.79. The lowest BCUT2D eigenvalue weighted by Crippen LogP contribution is -2.30. The molecule has 4 rings (SSSR count). The Balaban J connectivity index is 1.81. The van der Waals surface area contributed by atoms with Gasteiger partial charge in [0.05, 0.1) is 5.92 Å². The van der Waals surface area contributed by atoms with Gasteiger partial charge in [0.2, 0.25) is 6.04 Å². The van der Waals surface area contributed by atoms with E-state index in [0.717, 1.165) is 6.42 Å². The Bertz CT molecular complexity index is 332. The molecule has 7 heteroatoms. The van der Waals surface area contributed by atoms with E-state index in [0.29, 0.717) is 5.92 Å². The maximum absolute atomic E-state index is 10.7. The van der Waals surface area contributed by atoms with Gasteiger partial charge in [-0.1, -0.05) is 0 Å². The highest BCUT2D eigenvalue weighted by Crippen LogP contribution is 2.71. The second-order valence-corrected chi connectivity index (χ2v) is 4.29. The summed E-state index contributed by atoms with van der Waals surface area (Å²) in [6.45, 7) is 0. The average molecular weight is 200 g/mol. The van der Waals surface area contributed by atoms with Crippen molar-refractivity contribution in [3.8, 4) is 0 Å². The van der Waals surface area contributed by atoms with Crippen molar-refractivity contribution in [2.24, 2.45) is 23.7 Å². The topological polar surface area (TPSA) is 95.5 Å². The first kappa shape index (κ1) is 7.95. The van der Waals surface area contributed by atoms with Gasteiger partial charge in [-0.3, -0.25) is 10.1 Å². The molecule has 6 atom stereocenters. The van der Waals surface area contributed by atoms with E-state index in [2.05, 4.69) is 4.84 Å². The molecule has 0 saturated heterocycles. The lowest BCUT2D eigenvalue weighted by atomic mass is 10.1. The normalized spacial score (nSPS) is 51.7. The molecule has 0 aromatic carbocycles. The van der Waals surface area contributed by atoms with Crippen molar-refractivity contribution in [3.63, 3.8) is 0 Å². The van der Waals surface area contributed by atoms with E-state index in [4.69, 9.17) is 0 Å². The van der Waals surface area contributed by atoms with E-state index in [1.54, 1.807) is 0 Å². The second kappa shape index (κ2) is 2.15. The van der Waals surface area contributed by atoms with Gasteiger partial charge in [0.1, 0.15) is 6.10 Å². The van der Waals surface area contributed by atoms with E-state index in [1.165, 1.54) is 0 Å². The van der Waals surface area contributed by atoms with Crippen LogP contribution in [0.3, 0.4) is 0 Å². The minimum atomic E-state index is -0.822. The summed E-state index contributed by atoms with van der Waals surface area (Å²) >= 11 is 0. The third kappa shape index (κ3) is 0.729. The Morgan fingerprint density at radius 1 is 1.14 bits per heavy atom. The molecule has 4 saturated carbocycles. The van der Waals surface area contributed by atoms with Gasteiger partial charge in [-0.25, -0.2) is 0 Å². The molecule has 4 bridgehead atoms. The summed E-state index contributed by atoms with van der Waals surface area (Å²) < 4.78 is 0. The van der Waals surface area contributed by atoms with Crippen LogP contribution in [-0.2, 0) is 4.84 Å². The smallest absolute Gasteiger partial charge is 0.294 e. The third-order valence-electron chi connectivity index (χ3n) is 3.92. The van der Waals surface area contributed by atoms with Crippen molar-refractivity contribution < 1.29 is 14.8 Å². The van der Waals surface area contributed by atoms with Gasteiger partial charge in [-0.2, -0.15) is 0 Å². The zero-order valence-corrected chi connectivity index (χ0v) is 7.11. The number of rotatable bonds is 3. The van der Waals surface area contributed by atoms with Crippen molar-refractivity contribution in [3.05, 3.63) is 20.2 Å². The fourth-order valence-electron chi connectivity index (χ4n) is 3.58. The first-order valence-electron chi connectivity index (χ1n) is 4.56. The van der Waals surface area contributed by atoms with E-state index >= 15 is 0 Å². The van der Waals surface area contributed by atoms with Crippen LogP contribution in [-0.4, -0.2) is 22.2 Å². The molecule has 4 aliphatic carbocycles. The molecule has 0 aromatic rings. The zero-order chi connectivity index (χ0) is 10.0. The molecule has 4 aliphatic rings. The van der Waals surface area contributed by atoms with Crippen LogP contribution in [0.15, 0.2) is 0 Å². The molecule has 0 aromatic heterocycles. The van der Waals surface area contributed by atoms with Gasteiger partial charge in [0, 0.05) is 10.8 Å². The van der Waals surface area contributed by atoms with Crippen LogP contribution in [0.1, 0.15) is 6.42 Å². The van der Waals surface area contributed by atoms with Crippen LogP contribution >= 0.6 is 0 Å². The highest BCUT2D eigenvalue weighted by molar-refractivity contribution is 5.21. The molecular weight excluding hydrogens is 192 g/mol. The summed E-state index contributed by atoms with van der Waals surface area (Å²) in [6, 6.07) is -0.588. The Labute approximate surface area is 78.3 Å². The molecule has 0 amide bonds. The van der Waals surface area contributed by atoms with E-state index in [9.17, 15) is 20.2 Å². The van der Waals surface area contributed by atoms with Gasteiger partial charge in [0.25, 0.3) is 5.09 Å². The molecule has 76 valence electrons. The number of hydrogen-bond donors (Lipinski definition) is 0. The lowest BCUT2D eigenvalue weighted by molar-refractivity contribution is -0.771. The fourth-order valence-corrected chi connectivity index (χ4v) is 3.58. The van der Waals surface area contributed by atoms with Crippen molar-refractivity contribution in [2.45, 2.75) is 18.6 Å². The molecule has 14 heavy (non-hydrogen) atoms. The Morgan fingerprint density at radius 3 is 2.29 bits per heavy atom. The SMILES string of the molecule is O=[N+]([O-])O[C@@H]1C2C3[C@H]2C[C@H]1[C@H]3[N+](=O)[O-]. The minimum Gasteiger partial charge on any atom is -0.310 e. The summed E-state index contributed by atoms with van der Waals surface area (Å²) in [5, 5.41) is 20.0. The van der Waals surface area contributed by atoms with Crippen LogP contribution in [0, 0.1) is 43.9 Å². The maximum Gasteiger partial charge on any atom is 0.294 e. The van der Waals surface area contributed by atoms with E-state index in [-0.39, 0.29) is 22.7 Å². The standard InChI is InChI=1S/C7H8N2O5/c10-8(11)6-3-1-2-4(6)5(2)7(3)14-9(12)13/h2-7H,1H2/t2-,3+,4?,5?,6-,7+/m1/s1. The van der Waals surface area contributed by atoms with Crippen LogP contribution in [0.2, 0.25) is 0 Å². The first-order chi connectivity index (χ1) is 6.61. The largest absolute Gasteiger partial charge is 0.310 e. The van der Waals surface area contributed by atoms with Crippen LogP contribution in [0.5, 0.6) is 0 Å². The van der Waals surface area contributed by atoms with E-state index < -0.39 is 17.2 Å². The second-order valence-electron chi connectivity index (χ2n) is 4.29. The summed E-state index contributed by atoms with van der Waals surface area (Å²) in [4.78, 5) is 25.1. The van der Waals surface area contributed by atoms with Gasteiger partial charge in [-0.05, 0) is 18.3 Å². The lowest BCUT2D eigenvalue weighted by Gasteiger charge is -2.12. The van der Waals surface area contributed by atoms with Gasteiger partial charge < -0.3 is 4.84 Å². The quantitative estimate of drug-likeness (QED) is 0.475. The third-order valence-corrected chi connectivity index (χ3v) is 3.92.